The summed E-state index contributed by atoms with van der Waals surface area (Å²) in [6.07, 6.45) is 0.650. The van der Waals surface area contributed by atoms with Crippen molar-refractivity contribution in [3.8, 4) is 6.07 Å². The van der Waals surface area contributed by atoms with Gasteiger partial charge in [0.1, 0.15) is 6.42 Å². The van der Waals surface area contributed by atoms with Crippen LogP contribution in [0.15, 0.2) is 24.3 Å². The summed E-state index contributed by atoms with van der Waals surface area (Å²) >= 11 is 2.16. The van der Waals surface area contributed by atoms with Crippen LogP contribution in [0.25, 0.3) is 0 Å². The number of hydrogen-bond acceptors (Lipinski definition) is 3. The Kier molecular flexibility index (Phi) is 5.56. The van der Waals surface area contributed by atoms with Gasteiger partial charge in [-0.25, -0.2) is 0 Å². The third-order valence-corrected chi connectivity index (χ3v) is 4.41. The van der Waals surface area contributed by atoms with E-state index in [1.54, 1.807) is 9.80 Å². The van der Waals surface area contributed by atoms with E-state index in [4.69, 9.17) is 5.26 Å². The van der Waals surface area contributed by atoms with E-state index in [2.05, 4.69) is 22.6 Å². The molecule has 6 heteroatoms. The molecular weight excluding hydrogens is 381 g/mol. The molecule has 0 unspecified atom stereocenters. The Morgan fingerprint density at radius 2 is 1.81 bits per heavy atom. The Morgan fingerprint density at radius 1 is 1.14 bits per heavy atom. The molecule has 1 aromatic rings. The third kappa shape index (κ3) is 3.94. The van der Waals surface area contributed by atoms with Gasteiger partial charge in [-0.15, -0.1) is 0 Å². The predicted molar refractivity (Wildman–Crippen MR) is 86.5 cm³/mol. The van der Waals surface area contributed by atoms with Crippen LogP contribution in [0.5, 0.6) is 0 Å². The zero-order valence-corrected chi connectivity index (χ0v) is 13.7. The molecule has 5 nitrogen and oxygen atoms in total. The molecular formula is C15H16IN3O2. The van der Waals surface area contributed by atoms with E-state index >= 15 is 0 Å². The van der Waals surface area contributed by atoms with Crippen LogP contribution in [0.1, 0.15) is 23.2 Å². The topological polar surface area (TPSA) is 64.4 Å². The van der Waals surface area contributed by atoms with Gasteiger partial charge >= 0.3 is 0 Å². The van der Waals surface area contributed by atoms with E-state index in [0.29, 0.717) is 31.7 Å². The Hall–Kier alpha value is -1.62. The van der Waals surface area contributed by atoms with Gasteiger partial charge < -0.3 is 9.80 Å². The Morgan fingerprint density at radius 3 is 2.52 bits per heavy atom. The number of benzene rings is 1. The van der Waals surface area contributed by atoms with Gasteiger partial charge in [0.15, 0.2) is 0 Å². The summed E-state index contributed by atoms with van der Waals surface area (Å²) in [5.41, 5.74) is 0.704. The van der Waals surface area contributed by atoms with Crippen molar-refractivity contribution in [3.05, 3.63) is 33.4 Å². The lowest BCUT2D eigenvalue weighted by Gasteiger charge is -2.22. The van der Waals surface area contributed by atoms with E-state index in [1.807, 2.05) is 30.3 Å². The van der Waals surface area contributed by atoms with Gasteiger partial charge in [0.05, 0.1) is 11.6 Å². The summed E-state index contributed by atoms with van der Waals surface area (Å²) in [6.45, 7) is 2.26. The fourth-order valence-corrected chi connectivity index (χ4v) is 2.97. The SMILES string of the molecule is N#CCC(=O)N1CCCN(C(=O)c2ccccc2I)CC1. The molecule has 1 saturated heterocycles. The minimum Gasteiger partial charge on any atom is -0.340 e. The standard InChI is InChI=1S/C15H16IN3O2/c16-13-5-2-1-4-12(13)15(21)19-9-3-8-18(10-11-19)14(20)6-7-17/h1-2,4-5H,3,6,8-11H2. The second-order valence-electron chi connectivity index (χ2n) is 4.84. The fraction of sp³-hybridized carbons (Fsp3) is 0.400. The highest BCUT2D eigenvalue weighted by Gasteiger charge is 2.23. The largest absolute Gasteiger partial charge is 0.340 e. The number of rotatable bonds is 2. The summed E-state index contributed by atoms with van der Waals surface area (Å²) in [7, 11) is 0. The van der Waals surface area contributed by atoms with Crippen LogP contribution in [0.3, 0.4) is 0 Å². The van der Waals surface area contributed by atoms with Gasteiger partial charge in [0, 0.05) is 29.7 Å². The van der Waals surface area contributed by atoms with Crippen molar-refractivity contribution >= 4 is 34.4 Å². The molecule has 0 radical (unpaired) electrons. The van der Waals surface area contributed by atoms with E-state index in [-0.39, 0.29) is 18.2 Å². The summed E-state index contributed by atoms with van der Waals surface area (Å²) in [5.74, 6) is -0.143. The molecule has 21 heavy (non-hydrogen) atoms. The van der Waals surface area contributed by atoms with Crippen LogP contribution >= 0.6 is 22.6 Å². The van der Waals surface area contributed by atoms with Crippen LogP contribution in [0.2, 0.25) is 0 Å². The minimum atomic E-state index is -0.152. The molecule has 0 bridgehead atoms. The molecule has 1 aromatic carbocycles. The van der Waals surface area contributed by atoms with Crippen molar-refractivity contribution in [1.29, 1.82) is 5.26 Å². The van der Waals surface area contributed by atoms with Crippen molar-refractivity contribution in [2.45, 2.75) is 12.8 Å². The van der Waals surface area contributed by atoms with Crippen molar-refractivity contribution < 1.29 is 9.59 Å². The number of amides is 2. The van der Waals surface area contributed by atoms with Crippen molar-refractivity contribution in [1.82, 2.24) is 9.80 Å². The number of hydrogen-bond donors (Lipinski definition) is 0. The minimum absolute atomic E-state index is 0.00887. The smallest absolute Gasteiger partial charge is 0.254 e. The first-order valence-corrected chi connectivity index (χ1v) is 7.90. The zero-order chi connectivity index (χ0) is 15.2. The maximum atomic E-state index is 12.5. The van der Waals surface area contributed by atoms with E-state index < -0.39 is 0 Å². The van der Waals surface area contributed by atoms with E-state index in [0.717, 1.165) is 9.99 Å². The molecule has 0 N–H and O–H groups in total. The number of nitrogens with zero attached hydrogens (tertiary/aromatic N) is 3. The molecule has 1 aliphatic heterocycles. The number of carbonyl (C=O) groups is 2. The molecule has 1 fully saturated rings. The van der Waals surface area contributed by atoms with Gasteiger partial charge in [-0.2, -0.15) is 5.26 Å². The number of halogens is 1. The summed E-state index contributed by atoms with van der Waals surface area (Å²) in [5, 5.41) is 8.59. The summed E-state index contributed by atoms with van der Waals surface area (Å²) in [4.78, 5) is 27.8. The van der Waals surface area contributed by atoms with Crippen LogP contribution in [-0.4, -0.2) is 47.8 Å². The zero-order valence-electron chi connectivity index (χ0n) is 11.6. The third-order valence-electron chi connectivity index (χ3n) is 3.47. The highest BCUT2D eigenvalue weighted by Crippen LogP contribution is 2.15. The fourth-order valence-electron chi connectivity index (χ4n) is 2.35. The maximum absolute atomic E-state index is 12.5. The van der Waals surface area contributed by atoms with Crippen LogP contribution in [0, 0.1) is 14.9 Å². The predicted octanol–water partition coefficient (Wildman–Crippen LogP) is 1.88. The van der Waals surface area contributed by atoms with Crippen LogP contribution in [-0.2, 0) is 4.79 Å². The first-order valence-electron chi connectivity index (χ1n) is 6.82. The van der Waals surface area contributed by atoms with Crippen molar-refractivity contribution in [2.24, 2.45) is 0 Å². The average molecular weight is 397 g/mol. The average Bonchev–Trinajstić information content (AvgIpc) is 2.73. The molecule has 0 aliphatic carbocycles. The Balaban J connectivity index is 2.03. The Labute approximate surface area is 137 Å². The van der Waals surface area contributed by atoms with Crippen molar-refractivity contribution in [2.75, 3.05) is 26.2 Å². The van der Waals surface area contributed by atoms with Crippen LogP contribution in [0.4, 0.5) is 0 Å². The molecule has 1 aliphatic rings. The monoisotopic (exact) mass is 397 g/mol. The maximum Gasteiger partial charge on any atom is 0.254 e. The van der Waals surface area contributed by atoms with Gasteiger partial charge in [-0.1, -0.05) is 12.1 Å². The van der Waals surface area contributed by atoms with E-state index in [9.17, 15) is 9.59 Å². The van der Waals surface area contributed by atoms with Gasteiger partial charge in [-0.3, -0.25) is 9.59 Å². The normalized spacial score (nSPS) is 15.2. The van der Waals surface area contributed by atoms with Gasteiger partial charge in [0.2, 0.25) is 5.91 Å². The van der Waals surface area contributed by atoms with Gasteiger partial charge in [-0.05, 0) is 41.1 Å². The number of carbonyl (C=O) groups excluding carboxylic acids is 2. The first-order chi connectivity index (χ1) is 10.1. The van der Waals surface area contributed by atoms with Gasteiger partial charge in [0.25, 0.3) is 5.91 Å². The lowest BCUT2D eigenvalue weighted by molar-refractivity contribution is -0.129. The quantitative estimate of drug-likeness (QED) is 0.716. The van der Waals surface area contributed by atoms with Crippen molar-refractivity contribution in [3.63, 3.8) is 0 Å². The Bertz CT molecular complexity index is 583. The second-order valence-corrected chi connectivity index (χ2v) is 6.00. The number of nitriles is 1. The molecule has 0 saturated carbocycles. The molecule has 0 spiro atoms. The summed E-state index contributed by atoms with van der Waals surface area (Å²) in [6, 6.07) is 9.38. The molecule has 0 aromatic heterocycles. The second kappa shape index (κ2) is 7.41. The molecule has 1 heterocycles. The molecule has 2 rings (SSSR count). The van der Waals surface area contributed by atoms with Crippen LogP contribution < -0.4 is 0 Å². The summed E-state index contributed by atoms with van der Waals surface area (Å²) < 4.78 is 0.932. The molecule has 0 atom stereocenters. The lowest BCUT2D eigenvalue weighted by Crippen LogP contribution is -2.37. The highest BCUT2D eigenvalue weighted by molar-refractivity contribution is 14.1. The first kappa shape index (κ1) is 15.8. The molecule has 2 amide bonds. The molecule has 110 valence electrons. The lowest BCUT2D eigenvalue weighted by atomic mass is 10.2. The highest BCUT2D eigenvalue weighted by atomic mass is 127. The van der Waals surface area contributed by atoms with E-state index in [1.165, 1.54) is 0 Å².